The van der Waals surface area contributed by atoms with Gasteiger partial charge in [-0.15, -0.1) is 11.8 Å². The SMILES string of the molecule is COc1ccccc1C(C[N+](=O)[O-])Sc1ccccc1N. The van der Waals surface area contributed by atoms with Crippen LogP contribution in [0.2, 0.25) is 0 Å². The Labute approximate surface area is 127 Å². The molecule has 5 nitrogen and oxygen atoms in total. The molecule has 110 valence electrons. The summed E-state index contributed by atoms with van der Waals surface area (Å²) < 4.78 is 5.31. The van der Waals surface area contributed by atoms with E-state index in [4.69, 9.17) is 10.5 Å². The second-order valence-electron chi connectivity index (χ2n) is 4.40. The number of hydrogen-bond donors (Lipinski definition) is 1. The Kier molecular flexibility index (Phi) is 5.05. The standard InChI is InChI=1S/C15H16N2O3S/c1-20-13-8-4-2-6-11(13)15(10-17(18)19)21-14-9-5-3-7-12(14)16/h2-9,15H,10,16H2,1H3. The van der Waals surface area contributed by atoms with E-state index in [0.717, 1.165) is 10.5 Å². The van der Waals surface area contributed by atoms with Crippen LogP contribution in [0, 0.1) is 10.1 Å². The Morgan fingerprint density at radius 1 is 1.24 bits per heavy atom. The first-order valence-electron chi connectivity index (χ1n) is 6.37. The maximum atomic E-state index is 11.0. The molecule has 2 N–H and O–H groups in total. The first kappa shape index (κ1) is 15.2. The molecule has 0 aliphatic heterocycles. The van der Waals surface area contributed by atoms with Crippen LogP contribution in [-0.2, 0) is 0 Å². The summed E-state index contributed by atoms with van der Waals surface area (Å²) in [6.07, 6.45) is 0. The van der Waals surface area contributed by atoms with Crippen molar-refractivity contribution in [3.8, 4) is 5.75 Å². The van der Waals surface area contributed by atoms with Gasteiger partial charge in [-0.2, -0.15) is 0 Å². The highest BCUT2D eigenvalue weighted by Crippen LogP contribution is 2.41. The number of nitrogens with two attached hydrogens (primary N) is 1. The van der Waals surface area contributed by atoms with Crippen molar-refractivity contribution in [3.05, 3.63) is 64.2 Å². The largest absolute Gasteiger partial charge is 0.496 e. The molecule has 0 fully saturated rings. The Hall–Kier alpha value is -2.21. The molecule has 2 aromatic carbocycles. The van der Waals surface area contributed by atoms with E-state index in [9.17, 15) is 10.1 Å². The van der Waals surface area contributed by atoms with E-state index in [0.29, 0.717) is 11.4 Å². The van der Waals surface area contributed by atoms with Crippen LogP contribution in [0.4, 0.5) is 5.69 Å². The van der Waals surface area contributed by atoms with Gasteiger partial charge in [0, 0.05) is 21.1 Å². The first-order valence-corrected chi connectivity index (χ1v) is 7.25. The fourth-order valence-electron chi connectivity index (χ4n) is 2.01. The normalized spacial score (nSPS) is 11.9. The lowest BCUT2D eigenvalue weighted by Gasteiger charge is -2.17. The average Bonchev–Trinajstić information content (AvgIpc) is 2.48. The van der Waals surface area contributed by atoms with E-state index < -0.39 is 0 Å². The highest BCUT2D eigenvalue weighted by atomic mass is 32.2. The Morgan fingerprint density at radius 2 is 1.90 bits per heavy atom. The zero-order valence-corrected chi connectivity index (χ0v) is 12.4. The molecule has 0 saturated heterocycles. The lowest BCUT2D eigenvalue weighted by atomic mass is 10.1. The number of benzene rings is 2. The van der Waals surface area contributed by atoms with Crippen LogP contribution in [-0.4, -0.2) is 18.6 Å². The van der Waals surface area contributed by atoms with Gasteiger partial charge < -0.3 is 10.5 Å². The number of para-hydroxylation sites is 2. The molecule has 0 heterocycles. The molecule has 0 spiro atoms. The maximum Gasteiger partial charge on any atom is 0.220 e. The highest BCUT2D eigenvalue weighted by molar-refractivity contribution is 7.99. The summed E-state index contributed by atoms with van der Waals surface area (Å²) in [6.45, 7) is -0.195. The number of methoxy groups -OCH3 is 1. The molecule has 0 aliphatic carbocycles. The third kappa shape index (κ3) is 3.88. The number of anilines is 1. The minimum atomic E-state index is -0.360. The summed E-state index contributed by atoms with van der Waals surface area (Å²) in [6, 6.07) is 14.7. The van der Waals surface area contributed by atoms with Gasteiger partial charge in [0.2, 0.25) is 6.54 Å². The number of thioether (sulfide) groups is 1. The van der Waals surface area contributed by atoms with Gasteiger partial charge in [0.05, 0.1) is 7.11 Å². The Morgan fingerprint density at radius 3 is 2.57 bits per heavy atom. The summed E-state index contributed by atoms with van der Waals surface area (Å²) >= 11 is 1.38. The second-order valence-corrected chi connectivity index (χ2v) is 5.65. The van der Waals surface area contributed by atoms with Crippen molar-refractivity contribution in [1.82, 2.24) is 0 Å². The smallest absolute Gasteiger partial charge is 0.220 e. The summed E-state index contributed by atoms with van der Waals surface area (Å²) in [4.78, 5) is 11.5. The molecule has 6 heteroatoms. The summed E-state index contributed by atoms with van der Waals surface area (Å²) in [5.41, 5.74) is 7.34. The van der Waals surface area contributed by atoms with Gasteiger partial charge in [0.25, 0.3) is 0 Å². The molecule has 1 unspecified atom stereocenters. The van der Waals surface area contributed by atoms with Crippen LogP contribution < -0.4 is 10.5 Å². The molecule has 1 atom stereocenters. The maximum absolute atomic E-state index is 11.0. The Bertz CT molecular complexity index is 634. The van der Waals surface area contributed by atoms with Crippen molar-refractivity contribution in [2.45, 2.75) is 10.1 Å². The molecule has 0 radical (unpaired) electrons. The van der Waals surface area contributed by atoms with E-state index in [-0.39, 0.29) is 16.7 Å². The topological polar surface area (TPSA) is 78.4 Å². The van der Waals surface area contributed by atoms with Crippen LogP contribution in [0.15, 0.2) is 53.4 Å². The van der Waals surface area contributed by atoms with Crippen molar-refractivity contribution < 1.29 is 9.66 Å². The predicted octanol–water partition coefficient (Wildman–Crippen LogP) is 3.39. The van der Waals surface area contributed by atoms with Crippen LogP contribution in [0.1, 0.15) is 10.8 Å². The van der Waals surface area contributed by atoms with E-state index in [1.807, 2.05) is 36.4 Å². The number of rotatable bonds is 6. The number of nitrogen functional groups attached to an aromatic ring is 1. The minimum absolute atomic E-state index is 0.195. The first-order chi connectivity index (χ1) is 10.1. The molecule has 0 aliphatic rings. The molecular weight excluding hydrogens is 288 g/mol. The zero-order chi connectivity index (χ0) is 15.2. The fraction of sp³-hybridized carbons (Fsp3) is 0.200. The van der Waals surface area contributed by atoms with Gasteiger partial charge in [-0.3, -0.25) is 10.1 Å². The van der Waals surface area contributed by atoms with Gasteiger partial charge >= 0.3 is 0 Å². The molecule has 21 heavy (non-hydrogen) atoms. The van der Waals surface area contributed by atoms with Gasteiger partial charge in [0.1, 0.15) is 11.0 Å². The molecule has 0 aromatic heterocycles. The summed E-state index contributed by atoms with van der Waals surface area (Å²) in [5, 5.41) is 10.6. The van der Waals surface area contributed by atoms with E-state index in [2.05, 4.69) is 0 Å². The summed E-state index contributed by atoms with van der Waals surface area (Å²) in [7, 11) is 1.56. The second kappa shape index (κ2) is 6.99. The van der Waals surface area contributed by atoms with Crippen LogP contribution in [0.3, 0.4) is 0 Å². The number of hydrogen-bond acceptors (Lipinski definition) is 5. The van der Waals surface area contributed by atoms with Crippen LogP contribution in [0.5, 0.6) is 5.75 Å². The van der Waals surface area contributed by atoms with Crippen molar-refractivity contribution in [2.75, 3.05) is 19.4 Å². The highest BCUT2D eigenvalue weighted by Gasteiger charge is 2.23. The zero-order valence-electron chi connectivity index (χ0n) is 11.6. The van der Waals surface area contributed by atoms with Crippen molar-refractivity contribution >= 4 is 17.4 Å². The minimum Gasteiger partial charge on any atom is -0.496 e. The number of ether oxygens (including phenoxy) is 1. The molecule has 0 bridgehead atoms. The average molecular weight is 304 g/mol. The summed E-state index contributed by atoms with van der Waals surface area (Å²) in [5.74, 6) is 0.645. The number of nitro groups is 1. The van der Waals surface area contributed by atoms with Gasteiger partial charge in [-0.05, 0) is 18.2 Å². The van der Waals surface area contributed by atoms with E-state index in [1.165, 1.54) is 11.8 Å². The molecule has 0 saturated carbocycles. The van der Waals surface area contributed by atoms with Crippen molar-refractivity contribution in [1.29, 1.82) is 0 Å². The van der Waals surface area contributed by atoms with Crippen LogP contribution >= 0.6 is 11.8 Å². The molecular formula is C15H16N2O3S. The van der Waals surface area contributed by atoms with E-state index >= 15 is 0 Å². The molecule has 2 rings (SSSR count). The lowest BCUT2D eigenvalue weighted by molar-refractivity contribution is -0.479. The Balaban J connectivity index is 2.34. The third-order valence-corrected chi connectivity index (χ3v) is 4.30. The van der Waals surface area contributed by atoms with Gasteiger partial charge in [-0.25, -0.2) is 0 Å². The lowest BCUT2D eigenvalue weighted by Crippen LogP contribution is -2.11. The fourth-order valence-corrected chi connectivity index (χ4v) is 3.19. The third-order valence-electron chi connectivity index (χ3n) is 2.99. The van der Waals surface area contributed by atoms with Crippen LogP contribution in [0.25, 0.3) is 0 Å². The van der Waals surface area contributed by atoms with Gasteiger partial charge in [0.15, 0.2) is 0 Å². The van der Waals surface area contributed by atoms with Gasteiger partial charge in [-0.1, -0.05) is 30.3 Å². The predicted molar refractivity (Wildman–Crippen MR) is 84.3 cm³/mol. The van der Waals surface area contributed by atoms with Crippen molar-refractivity contribution in [3.63, 3.8) is 0 Å². The monoisotopic (exact) mass is 304 g/mol. The molecule has 2 aromatic rings. The molecule has 0 amide bonds. The van der Waals surface area contributed by atoms with E-state index in [1.54, 1.807) is 19.2 Å². The quantitative estimate of drug-likeness (QED) is 0.383. The van der Waals surface area contributed by atoms with Crippen molar-refractivity contribution in [2.24, 2.45) is 0 Å². The number of nitrogens with zero attached hydrogens (tertiary/aromatic N) is 1.